The molecule has 0 amide bonds. The summed E-state index contributed by atoms with van der Waals surface area (Å²) in [5, 5.41) is 4.67. The predicted molar refractivity (Wildman–Crippen MR) is 92.0 cm³/mol. The van der Waals surface area contributed by atoms with Gasteiger partial charge in [-0.3, -0.25) is 9.80 Å². The molecule has 0 saturated carbocycles. The van der Waals surface area contributed by atoms with E-state index in [-0.39, 0.29) is 0 Å². The number of rotatable bonds is 4. The van der Waals surface area contributed by atoms with Crippen molar-refractivity contribution in [2.75, 3.05) is 26.2 Å². The highest BCUT2D eigenvalue weighted by molar-refractivity contribution is 6.30. The molecule has 24 heavy (non-hydrogen) atoms. The van der Waals surface area contributed by atoms with E-state index in [1.54, 1.807) is 0 Å². The molecule has 126 valence electrons. The topological polar surface area (TPSA) is 49.8 Å². The quantitative estimate of drug-likeness (QED) is 0.727. The van der Waals surface area contributed by atoms with Crippen molar-refractivity contribution in [2.24, 2.45) is 0 Å². The third-order valence-corrected chi connectivity index (χ3v) is 4.60. The summed E-state index contributed by atoms with van der Waals surface area (Å²) >= 11 is 6.03. The molecule has 6 nitrogen and oxygen atoms in total. The fourth-order valence-corrected chi connectivity index (χ4v) is 3.31. The molecule has 0 radical (unpaired) electrons. The molecule has 0 N–H and O–H groups in total. The number of hydrogen-bond donors (Lipinski definition) is 0. The Kier molecular flexibility index (Phi) is 4.26. The smallest absolute Gasteiger partial charge is 0.150 e. The number of aryl methyl sites for hydroxylation is 1. The zero-order valence-corrected chi connectivity index (χ0v) is 14.4. The maximum Gasteiger partial charge on any atom is 0.150 e. The summed E-state index contributed by atoms with van der Waals surface area (Å²) in [5.74, 6) is 0.943. The van der Waals surface area contributed by atoms with E-state index in [0.29, 0.717) is 0 Å². The Balaban J connectivity index is 1.33. The monoisotopic (exact) mass is 345 g/mol. The van der Waals surface area contributed by atoms with Crippen molar-refractivity contribution >= 4 is 17.2 Å². The van der Waals surface area contributed by atoms with E-state index in [1.165, 1.54) is 0 Å². The van der Waals surface area contributed by atoms with Gasteiger partial charge in [-0.15, -0.1) is 0 Å². The van der Waals surface area contributed by atoms with E-state index in [4.69, 9.17) is 16.1 Å². The van der Waals surface area contributed by atoms with E-state index in [9.17, 15) is 0 Å². The van der Waals surface area contributed by atoms with Crippen LogP contribution in [0.15, 0.2) is 35.1 Å². The molecule has 4 heterocycles. The summed E-state index contributed by atoms with van der Waals surface area (Å²) in [6.07, 6.45) is 3.95. The van der Waals surface area contributed by atoms with E-state index in [1.807, 2.05) is 35.7 Å². The summed E-state index contributed by atoms with van der Waals surface area (Å²) < 4.78 is 7.29. The summed E-state index contributed by atoms with van der Waals surface area (Å²) in [5.41, 5.74) is 2.96. The van der Waals surface area contributed by atoms with Gasteiger partial charge in [0, 0.05) is 51.2 Å². The van der Waals surface area contributed by atoms with Crippen LogP contribution in [0.5, 0.6) is 0 Å². The maximum atomic E-state index is 6.03. The highest BCUT2D eigenvalue weighted by Crippen LogP contribution is 2.15. The number of fused-ring (bicyclic) bond motifs is 1. The van der Waals surface area contributed by atoms with Crippen molar-refractivity contribution < 1.29 is 4.52 Å². The average molecular weight is 346 g/mol. The average Bonchev–Trinajstić information content (AvgIpc) is 3.14. The highest BCUT2D eigenvalue weighted by atomic mass is 35.5. The van der Waals surface area contributed by atoms with Crippen molar-refractivity contribution in [3.05, 3.63) is 52.8 Å². The normalized spacial score (nSPS) is 16.9. The van der Waals surface area contributed by atoms with Crippen LogP contribution in [0.4, 0.5) is 0 Å². The Morgan fingerprint density at radius 1 is 1.08 bits per heavy atom. The third kappa shape index (κ3) is 3.45. The van der Waals surface area contributed by atoms with Crippen LogP contribution in [0.2, 0.25) is 5.02 Å². The summed E-state index contributed by atoms with van der Waals surface area (Å²) in [6, 6.07) is 5.83. The Hall–Kier alpha value is -1.89. The molecule has 4 rings (SSSR count). The number of aromatic nitrogens is 3. The van der Waals surface area contributed by atoms with Gasteiger partial charge in [-0.1, -0.05) is 16.8 Å². The predicted octanol–water partition coefficient (Wildman–Crippen LogP) is 2.60. The molecule has 7 heteroatoms. The second kappa shape index (κ2) is 6.55. The maximum absolute atomic E-state index is 6.03. The molecule has 0 bridgehead atoms. The number of nitrogens with zero attached hydrogens (tertiary/aromatic N) is 5. The fourth-order valence-electron chi connectivity index (χ4n) is 3.14. The van der Waals surface area contributed by atoms with Crippen LogP contribution in [0.3, 0.4) is 0 Å². The second-order valence-corrected chi connectivity index (χ2v) is 6.77. The Morgan fingerprint density at radius 3 is 2.54 bits per heavy atom. The highest BCUT2D eigenvalue weighted by Gasteiger charge is 2.19. The van der Waals surface area contributed by atoms with Gasteiger partial charge in [-0.25, -0.2) is 4.98 Å². The standard InChI is InChI=1S/C17H20ClN5O/c1-13-8-16(24-20-13)12-22-6-4-21(5-7-22)10-15-11-23-9-14(18)2-3-17(23)19-15/h2-3,8-9,11H,4-7,10,12H2,1H3. The van der Waals surface area contributed by atoms with Crippen LogP contribution < -0.4 is 0 Å². The molecular formula is C17H20ClN5O. The lowest BCUT2D eigenvalue weighted by Gasteiger charge is -2.33. The van der Waals surface area contributed by atoms with Crippen molar-refractivity contribution in [2.45, 2.75) is 20.0 Å². The first-order chi connectivity index (χ1) is 11.7. The molecule has 3 aromatic heterocycles. The lowest BCUT2D eigenvalue weighted by Crippen LogP contribution is -2.45. The molecule has 1 saturated heterocycles. The van der Waals surface area contributed by atoms with Gasteiger partial charge in [0.1, 0.15) is 5.65 Å². The third-order valence-electron chi connectivity index (χ3n) is 4.37. The minimum atomic E-state index is 0.725. The Morgan fingerprint density at radius 2 is 1.83 bits per heavy atom. The first-order valence-corrected chi connectivity index (χ1v) is 8.53. The minimum Gasteiger partial charge on any atom is -0.360 e. The first-order valence-electron chi connectivity index (χ1n) is 8.16. The molecule has 0 atom stereocenters. The largest absolute Gasteiger partial charge is 0.360 e. The number of piperazine rings is 1. The van der Waals surface area contributed by atoms with Gasteiger partial charge in [0.05, 0.1) is 23.0 Å². The molecule has 0 aromatic carbocycles. The fraction of sp³-hybridized carbons (Fsp3) is 0.412. The van der Waals surface area contributed by atoms with E-state index < -0.39 is 0 Å². The van der Waals surface area contributed by atoms with Gasteiger partial charge in [0.2, 0.25) is 0 Å². The Labute approximate surface area is 145 Å². The molecule has 3 aromatic rings. The van der Waals surface area contributed by atoms with Crippen LogP contribution in [-0.2, 0) is 13.1 Å². The minimum absolute atomic E-state index is 0.725. The lowest BCUT2D eigenvalue weighted by atomic mass is 10.2. The van der Waals surface area contributed by atoms with Crippen LogP contribution in [0, 0.1) is 6.92 Å². The van der Waals surface area contributed by atoms with Gasteiger partial charge < -0.3 is 8.92 Å². The zero-order valence-electron chi connectivity index (χ0n) is 13.7. The molecule has 1 aliphatic rings. The molecule has 1 aliphatic heterocycles. The molecule has 0 unspecified atom stereocenters. The number of hydrogen-bond acceptors (Lipinski definition) is 5. The van der Waals surface area contributed by atoms with Crippen LogP contribution in [0.25, 0.3) is 5.65 Å². The van der Waals surface area contributed by atoms with Gasteiger partial charge >= 0.3 is 0 Å². The number of pyridine rings is 1. The molecule has 0 aliphatic carbocycles. The molecule has 1 fully saturated rings. The van der Waals surface area contributed by atoms with Crippen LogP contribution >= 0.6 is 11.6 Å². The van der Waals surface area contributed by atoms with Crippen molar-refractivity contribution in [1.29, 1.82) is 0 Å². The molecule has 0 spiro atoms. The Bertz CT molecular complexity index is 834. The SMILES string of the molecule is Cc1cc(CN2CCN(Cc3cn4cc(Cl)ccc4n3)CC2)on1. The van der Waals surface area contributed by atoms with Gasteiger partial charge in [-0.2, -0.15) is 0 Å². The van der Waals surface area contributed by atoms with Crippen LogP contribution in [-0.4, -0.2) is 50.5 Å². The zero-order chi connectivity index (χ0) is 16.5. The number of imidazole rings is 1. The van der Waals surface area contributed by atoms with Gasteiger partial charge in [0.15, 0.2) is 5.76 Å². The molecular weight excluding hydrogens is 326 g/mol. The van der Waals surface area contributed by atoms with Gasteiger partial charge in [-0.05, 0) is 19.1 Å². The summed E-state index contributed by atoms with van der Waals surface area (Å²) in [4.78, 5) is 9.50. The van der Waals surface area contributed by atoms with Gasteiger partial charge in [0.25, 0.3) is 0 Å². The van der Waals surface area contributed by atoms with Crippen molar-refractivity contribution in [1.82, 2.24) is 24.3 Å². The van der Waals surface area contributed by atoms with E-state index in [2.05, 4.69) is 26.1 Å². The van der Waals surface area contributed by atoms with Crippen molar-refractivity contribution in [3.63, 3.8) is 0 Å². The lowest BCUT2D eigenvalue weighted by molar-refractivity contribution is 0.113. The van der Waals surface area contributed by atoms with Crippen LogP contribution in [0.1, 0.15) is 17.1 Å². The summed E-state index contributed by atoms with van der Waals surface area (Å²) in [7, 11) is 0. The first kappa shape index (κ1) is 15.6. The summed E-state index contributed by atoms with van der Waals surface area (Å²) in [6.45, 7) is 7.77. The second-order valence-electron chi connectivity index (χ2n) is 6.33. The van der Waals surface area contributed by atoms with E-state index >= 15 is 0 Å². The number of halogens is 1. The van der Waals surface area contributed by atoms with Crippen molar-refractivity contribution in [3.8, 4) is 0 Å². The van der Waals surface area contributed by atoms with E-state index in [0.717, 1.165) is 67.1 Å².